The van der Waals surface area contributed by atoms with E-state index in [4.69, 9.17) is 4.74 Å². The van der Waals surface area contributed by atoms with E-state index in [0.717, 1.165) is 19.3 Å². The van der Waals surface area contributed by atoms with Gasteiger partial charge in [-0.25, -0.2) is 0 Å². The fraction of sp³-hybridized carbons (Fsp3) is 0.500. The Kier molecular flexibility index (Phi) is 11.3. The number of fused-ring (bicyclic) bond motifs is 1. The van der Waals surface area contributed by atoms with Crippen LogP contribution >= 0.6 is 0 Å². The van der Waals surface area contributed by atoms with E-state index in [1.807, 2.05) is 0 Å². The summed E-state index contributed by atoms with van der Waals surface area (Å²) in [6.45, 7) is 21.5. The third-order valence-corrected chi connectivity index (χ3v) is 9.34. The molecular formula is C40H56O3. The molecule has 1 heterocycles. The second-order valence-corrected chi connectivity index (χ2v) is 14.6. The molecule has 0 amide bonds. The standard InChI is InChI=1S/C40H56O3/c1-29(17-13-19-31(3)21-22-36-33(5)25-34(41)26-37(36,6)7)15-11-12-16-30(2)18-14-20-32(4)23-24-40-38(8,9)27-35(42)28-39(40,10)43-40/h11-24,34-35,41-42H,25-28H2,1-10H3/b12-11+,17-13+,18-14+,22-21-,24-23-,29-15-,30-16+,31-19+,32-20+/t34-,35+,39-,40+/m0/s1. The number of allylic oxidation sites excluding steroid dienone is 18. The average Bonchev–Trinajstić information content (AvgIpc) is 3.49. The van der Waals surface area contributed by atoms with E-state index >= 15 is 0 Å². The number of hydrogen-bond acceptors (Lipinski definition) is 3. The lowest BCUT2D eigenvalue weighted by atomic mass is 9.63. The minimum atomic E-state index is -0.291. The number of epoxide rings is 1. The molecule has 3 heteroatoms. The Hall–Kier alpha value is -2.72. The van der Waals surface area contributed by atoms with Gasteiger partial charge in [0.1, 0.15) is 11.2 Å². The van der Waals surface area contributed by atoms with Crippen molar-refractivity contribution >= 4 is 0 Å². The van der Waals surface area contributed by atoms with Gasteiger partial charge >= 0.3 is 0 Å². The molecule has 2 fully saturated rings. The lowest BCUT2D eigenvalue weighted by molar-refractivity contribution is 0.0515. The van der Waals surface area contributed by atoms with Crippen molar-refractivity contribution in [2.75, 3.05) is 0 Å². The van der Waals surface area contributed by atoms with Crippen LogP contribution in [0.15, 0.2) is 119 Å². The van der Waals surface area contributed by atoms with Gasteiger partial charge in [0.2, 0.25) is 0 Å². The van der Waals surface area contributed by atoms with Crippen LogP contribution in [0.3, 0.4) is 0 Å². The lowest BCUT2D eigenvalue weighted by Gasteiger charge is -2.39. The molecule has 4 atom stereocenters. The topological polar surface area (TPSA) is 53.0 Å². The number of hydrogen-bond donors (Lipinski definition) is 2. The number of aliphatic hydroxyl groups excluding tert-OH is 2. The van der Waals surface area contributed by atoms with E-state index < -0.39 is 0 Å². The van der Waals surface area contributed by atoms with Gasteiger partial charge in [0, 0.05) is 11.8 Å². The minimum absolute atomic E-state index is 0.00262. The molecule has 1 aliphatic heterocycles. The zero-order chi connectivity index (χ0) is 32.1. The Labute approximate surface area is 262 Å². The van der Waals surface area contributed by atoms with E-state index in [2.05, 4.69) is 154 Å². The van der Waals surface area contributed by atoms with Gasteiger partial charge in [0.05, 0.1) is 12.2 Å². The van der Waals surface area contributed by atoms with Gasteiger partial charge in [0.25, 0.3) is 0 Å². The summed E-state index contributed by atoms with van der Waals surface area (Å²) < 4.78 is 6.25. The van der Waals surface area contributed by atoms with Crippen molar-refractivity contribution < 1.29 is 14.9 Å². The molecular weight excluding hydrogens is 528 g/mol. The molecule has 3 rings (SSSR count). The van der Waals surface area contributed by atoms with Gasteiger partial charge in [-0.3, -0.25) is 0 Å². The summed E-state index contributed by atoms with van der Waals surface area (Å²) in [7, 11) is 0. The SMILES string of the molecule is CC1=C(\C=C/C(C)=C/C=C/C(C)=C\C=C\C=C(C)\C=C\C=C(C)\C=C/[C@]23O[C@@]2(C)C[C@H](O)CC3(C)C)C(C)(C)C[C@@H](O)C1. The van der Waals surface area contributed by atoms with Crippen molar-refractivity contribution in [2.45, 2.75) is 118 Å². The first-order valence-electron chi connectivity index (χ1n) is 15.9. The first-order valence-corrected chi connectivity index (χ1v) is 15.9. The molecule has 0 unspecified atom stereocenters. The van der Waals surface area contributed by atoms with Crippen LogP contribution in [0.4, 0.5) is 0 Å². The van der Waals surface area contributed by atoms with Crippen molar-refractivity contribution in [1.82, 2.24) is 0 Å². The van der Waals surface area contributed by atoms with E-state index in [1.165, 1.54) is 33.4 Å². The third kappa shape index (κ3) is 8.91. The predicted octanol–water partition coefficient (Wildman–Crippen LogP) is 9.76. The van der Waals surface area contributed by atoms with Crippen LogP contribution in [-0.4, -0.2) is 33.6 Å². The monoisotopic (exact) mass is 584 g/mol. The van der Waals surface area contributed by atoms with E-state index in [-0.39, 0.29) is 34.2 Å². The predicted molar refractivity (Wildman–Crippen MR) is 184 cm³/mol. The molecule has 3 aliphatic rings. The molecule has 0 aromatic rings. The van der Waals surface area contributed by atoms with E-state index in [9.17, 15) is 10.2 Å². The Morgan fingerprint density at radius 3 is 1.72 bits per heavy atom. The zero-order valence-electron chi connectivity index (χ0n) is 28.4. The highest BCUT2D eigenvalue weighted by Crippen LogP contribution is 2.66. The highest BCUT2D eigenvalue weighted by Gasteiger charge is 2.74. The first-order chi connectivity index (χ1) is 20.0. The largest absolute Gasteiger partial charge is 0.393 e. The van der Waals surface area contributed by atoms with Crippen LogP contribution in [0.25, 0.3) is 0 Å². The second-order valence-electron chi connectivity index (χ2n) is 14.6. The number of ether oxygens (including phenoxy) is 1. The smallest absolute Gasteiger partial charge is 0.121 e. The lowest BCUT2D eigenvalue weighted by Crippen LogP contribution is -2.46. The summed E-state index contributed by atoms with van der Waals surface area (Å²) in [5.74, 6) is 0. The molecule has 0 spiro atoms. The van der Waals surface area contributed by atoms with Crippen molar-refractivity contribution in [3.8, 4) is 0 Å². The molecule has 0 aromatic heterocycles. The molecule has 0 aromatic carbocycles. The van der Waals surface area contributed by atoms with Crippen LogP contribution in [0.2, 0.25) is 0 Å². The summed E-state index contributed by atoms with van der Waals surface area (Å²) >= 11 is 0. The Morgan fingerprint density at radius 2 is 1.19 bits per heavy atom. The maximum atomic E-state index is 10.2. The van der Waals surface area contributed by atoms with Crippen LogP contribution in [0.5, 0.6) is 0 Å². The van der Waals surface area contributed by atoms with Crippen LogP contribution < -0.4 is 0 Å². The summed E-state index contributed by atoms with van der Waals surface area (Å²) in [5, 5.41) is 20.4. The molecule has 1 saturated carbocycles. The maximum absolute atomic E-state index is 10.2. The average molecular weight is 585 g/mol. The van der Waals surface area contributed by atoms with E-state index in [0.29, 0.717) is 6.42 Å². The molecule has 0 radical (unpaired) electrons. The normalized spacial score (nSPS) is 32.3. The van der Waals surface area contributed by atoms with Crippen LogP contribution in [-0.2, 0) is 4.74 Å². The van der Waals surface area contributed by atoms with Crippen LogP contribution in [0.1, 0.15) is 94.9 Å². The molecule has 2 aliphatic carbocycles. The van der Waals surface area contributed by atoms with Crippen molar-refractivity contribution in [1.29, 1.82) is 0 Å². The van der Waals surface area contributed by atoms with Gasteiger partial charge in [0.15, 0.2) is 0 Å². The van der Waals surface area contributed by atoms with Gasteiger partial charge in [-0.2, -0.15) is 0 Å². The number of rotatable bonds is 10. The van der Waals surface area contributed by atoms with Crippen molar-refractivity contribution in [2.24, 2.45) is 10.8 Å². The summed E-state index contributed by atoms with van der Waals surface area (Å²) in [5.41, 5.74) is 6.71. The Morgan fingerprint density at radius 1 is 0.674 bits per heavy atom. The Bertz CT molecular complexity index is 1330. The van der Waals surface area contributed by atoms with E-state index in [1.54, 1.807) is 0 Å². The molecule has 2 N–H and O–H groups in total. The summed E-state index contributed by atoms with van der Waals surface area (Å²) in [6, 6.07) is 0. The van der Waals surface area contributed by atoms with Gasteiger partial charge in [-0.15, -0.1) is 0 Å². The fourth-order valence-corrected chi connectivity index (χ4v) is 7.06. The number of aliphatic hydroxyl groups is 2. The van der Waals surface area contributed by atoms with Gasteiger partial charge < -0.3 is 14.9 Å². The van der Waals surface area contributed by atoms with Crippen molar-refractivity contribution in [3.63, 3.8) is 0 Å². The molecule has 0 bridgehead atoms. The zero-order valence-corrected chi connectivity index (χ0v) is 28.4. The Balaban J connectivity index is 1.50. The third-order valence-electron chi connectivity index (χ3n) is 9.34. The quantitative estimate of drug-likeness (QED) is 0.198. The highest BCUT2D eigenvalue weighted by molar-refractivity contribution is 5.39. The molecule has 43 heavy (non-hydrogen) atoms. The molecule has 3 nitrogen and oxygen atoms in total. The van der Waals surface area contributed by atoms with Crippen molar-refractivity contribution in [3.05, 3.63) is 119 Å². The second kappa shape index (κ2) is 13.9. The maximum Gasteiger partial charge on any atom is 0.121 e. The minimum Gasteiger partial charge on any atom is -0.393 e. The summed E-state index contributed by atoms with van der Waals surface area (Å²) in [6.07, 6.45) is 32.3. The van der Waals surface area contributed by atoms with Gasteiger partial charge in [-0.1, -0.05) is 135 Å². The highest BCUT2D eigenvalue weighted by atomic mass is 16.6. The molecule has 1 saturated heterocycles. The molecule has 234 valence electrons. The van der Waals surface area contributed by atoms with Gasteiger partial charge in [-0.05, 0) is 77.9 Å². The summed E-state index contributed by atoms with van der Waals surface area (Å²) in [4.78, 5) is 0. The first kappa shape index (κ1) is 34.8. The van der Waals surface area contributed by atoms with Crippen LogP contribution in [0, 0.1) is 10.8 Å². The fourth-order valence-electron chi connectivity index (χ4n) is 7.06.